The van der Waals surface area contributed by atoms with Gasteiger partial charge in [-0.05, 0) is 50.4 Å². The molecule has 2 aromatic rings. The summed E-state index contributed by atoms with van der Waals surface area (Å²) in [4.78, 5) is 30.0. The van der Waals surface area contributed by atoms with Crippen LogP contribution in [0.15, 0.2) is 42.6 Å². The Morgan fingerprint density at radius 2 is 1.72 bits per heavy atom. The fourth-order valence-electron chi connectivity index (χ4n) is 1.98. The first-order valence-corrected chi connectivity index (χ1v) is 8.29. The van der Waals surface area contributed by atoms with Crippen LogP contribution in [-0.2, 0) is 9.59 Å². The van der Waals surface area contributed by atoms with E-state index < -0.39 is 6.04 Å². The lowest BCUT2D eigenvalue weighted by Gasteiger charge is -2.23. The molecule has 0 aliphatic heterocycles. The van der Waals surface area contributed by atoms with Gasteiger partial charge in [-0.15, -0.1) is 0 Å². The number of aromatic nitrogens is 1. The zero-order chi connectivity index (χ0) is 18.4. The molecule has 6 nitrogen and oxygen atoms in total. The van der Waals surface area contributed by atoms with Gasteiger partial charge in [0.25, 0.3) is 0 Å². The van der Waals surface area contributed by atoms with Crippen LogP contribution in [0.3, 0.4) is 0 Å². The van der Waals surface area contributed by atoms with E-state index in [2.05, 4.69) is 15.6 Å². The summed E-state index contributed by atoms with van der Waals surface area (Å²) in [6.45, 7) is 1.77. The molecule has 0 radical (unpaired) electrons. The molecule has 0 saturated heterocycles. The Bertz CT molecular complexity index is 735. The molecule has 1 aromatic carbocycles. The summed E-state index contributed by atoms with van der Waals surface area (Å²) in [6, 6.07) is 9.53. The smallest absolute Gasteiger partial charge is 0.242 e. The molecule has 0 spiro atoms. The molecule has 0 saturated carbocycles. The normalized spacial score (nSPS) is 11.9. The largest absolute Gasteiger partial charge is 0.325 e. The minimum Gasteiger partial charge on any atom is -0.325 e. The topological polar surface area (TPSA) is 74.3 Å². The molecule has 2 rings (SSSR count). The highest BCUT2D eigenvalue weighted by molar-refractivity contribution is 6.30. The van der Waals surface area contributed by atoms with Gasteiger partial charge in [-0.25, -0.2) is 4.98 Å². The number of benzene rings is 1. The van der Waals surface area contributed by atoms with Crippen LogP contribution in [0.2, 0.25) is 10.0 Å². The van der Waals surface area contributed by atoms with Crippen LogP contribution < -0.4 is 10.6 Å². The van der Waals surface area contributed by atoms with Crippen molar-refractivity contribution in [1.82, 2.24) is 9.88 Å². The monoisotopic (exact) mass is 380 g/mol. The highest BCUT2D eigenvalue weighted by atomic mass is 35.5. The van der Waals surface area contributed by atoms with Crippen molar-refractivity contribution in [2.24, 2.45) is 0 Å². The lowest BCUT2D eigenvalue weighted by Crippen LogP contribution is -2.43. The fraction of sp³-hybridized carbons (Fsp3) is 0.235. The Morgan fingerprint density at radius 3 is 2.32 bits per heavy atom. The number of pyridine rings is 1. The van der Waals surface area contributed by atoms with Crippen molar-refractivity contribution in [2.75, 3.05) is 24.2 Å². The second kappa shape index (κ2) is 8.80. The molecule has 132 valence electrons. The number of amides is 2. The van der Waals surface area contributed by atoms with Gasteiger partial charge in [0.2, 0.25) is 11.8 Å². The van der Waals surface area contributed by atoms with E-state index in [1.807, 2.05) is 0 Å². The predicted octanol–water partition coefficient (Wildman–Crippen LogP) is 3.29. The van der Waals surface area contributed by atoms with Crippen molar-refractivity contribution >= 4 is 46.5 Å². The first kappa shape index (κ1) is 19.2. The van der Waals surface area contributed by atoms with E-state index in [0.717, 1.165) is 0 Å². The SMILES string of the molecule is C[C@@H](C(=O)Nc1ccc(Cl)cn1)N(C)CC(=O)Nc1ccc(Cl)cc1. The maximum Gasteiger partial charge on any atom is 0.242 e. The standard InChI is InChI=1S/C17H18Cl2N4O2/c1-11(17(25)22-15-8-5-13(19)9-20-15)23(2)10-16(24)21-14-6-3-12(18)4-7-14/h3-9,11H,10H2,1-2H3,(H,21,24)(H,20,22,25)/t11-/m0/s1. The van der Waals surface area contributed by atoms with E-state index in [9.17, 15) is 9.59 Å². The van der Waals surface area contributed by atoms with Crippen LogP contribution >= 0.6 is 23.2 Å². The first-order valence-electron chi connectivity index (χ1n) is 7.53. The Kier molecular flexibility index (Phi) is 6.75. The fourth-order valence-corrected chi connectivity index (χ4v) is 2.22. The Hall–Kier alpha value is -2.15. The highest BCUT2D eigenvalue weighted by Crippen LogP contribution is 2.14. The quantitative estimate of drug-likeness (QED) is 0.806. The maximum absolute atomic E-state index is 12.2. The zero-order valence-corrected chi connectivity index (χ0v) is 15.3. The van der Waals surface area contributed by atoms with Gasteiger partial charge in [0.1, 0.15) is 5.82 Å². The van der Waals surface area contributed by atoms with Gasteiger partial charge in [0.15, 0.2) is 0 Å². The number of hydrogen-bond acceptors (Lipinski definition) is 4. The van der Waals surface area contributed by atoms with Gasteiger partial charge in [-0.1, -0.05) is 23.2 Å². The summed E-state index contributed by atoms with van der Waals surface area (Å²) in [5, 5.41) is 6.52. The van der Waals surface area contributed by atoms with Gasteiger partial charge >= 0.3 is 0 Å². The lowest BCUT2D eigenvalue weighted by atomic mass is 10.2. The van der Waals surface area contributed by atoms with Crippen LogP contribution in [0.1, 0.15) is 6.92 Å². The molecule has 2 amide bonds. The number of hydrogen-bond donors (Lipinski definition) is 2. The Morgan fingerprint density at radius 1 is 1.08 bits per heavy atom. The molecule has 0 aliphatic rings. The van der Waals surface area contributed by atoms with E-state index in [-0.39, 0.29) is 18.4 Å². The van der Waals surface area contributed by atoms with Crippen LogP contribution in [0.5, 0.6) is 0 Å². The van der Waals surface area contributed by atoms with Crippen molar-refractivity contribution in [3.63, 3.8) is 0 Å². The first-order chi connectivity index (χ1) is 11.8. The number of nitrogens with one attached hydrogen (secondary N) is 2. The maximum atomic E-state index is 12.2. The van der Waals surface area contributed by atoms with Gasteiger partial charge in [-0.3, -0.25) is 14.5 Å². The number of likely N-dealkylation sites (N-methyl/N-ethyl adjacent to an activating group) is 1. The van der Waals surface area contributed by atoms with Gasteiger partial charge in [0, 0.05) is 16.9 Å². The molecular weight excluding hydrogens is 363 g/mol. The summed E-state index contributed by atoms with van der Waals surface area (Å²) in [5.74, 6) is -0.0917. The van der Waals surface area contributed by atoms with Crippen molar-refractivity contribution in [3.8, 4) is 0 Å². The molecule has 1 aromatic heterocycles. The van der Waals surface area contributed by atoms with Crippen molar-refractivity contribution in [1.29, 1.82) is 0 Å². The summed E-state index contributed by atoms with van der Waals surface area (Å²) < 4.78 is 0. The second-order valence-electron chi connectivity index (χ2n) is 5.50. The van der Waals surface area contributed by atoms with Crippen molar-refractivity contribution < 1.29 is 9.59 Å². The van der Waals surface area contributed by atoms with Gasteiger partial charge in [-0.2, -0.15) is 0 Å². The number of nitrogens with zero attached hydrogens (tertiary/aromatic N) is 2. The molecule has 0 fully saturated rings. The van der Waals surface area contributed by atoms with Crippen LogP contribution in [0.4, 0.5) is 11.5 Å². The third-order valence-electron chi connectivity index (χ3n) is 3.54. The second-order valence-corrected chi connectivity index (χ2v) is 6.37. The minimum absolute atomic E-state index is 0.0608. The molecular formula is C17H18Cl2N4O2. The van der Waals surface area contributed by atoms with Crippen molar-refractivity contribution in [3.05, 3.63) is 52.6 Å². The lowest BCUT2D eigenvalue weighted by molar-refractivity contribution is -0.122. The van der Waals surface area contributed by atoms with E-state index >= 15 is 0 Å². The van der Waals surface area contributed by atoms with Gasteiger partial charge < -0.3 is 10.6 Å². The molecule has 2 N–H and O–H groups in total. The molecule has 0 bridgehead atoms. The average Bonchev–Trinajstić information content (AvgIpc) is 2.58. The highest BCUT2D eigenvalue weighted by Gasteiger charge is 2.20. The Labute approximate surface area is 156 Å². The molecule has 25 heavy (non-hydrogen) atoms. The van der Waals surface area contributed by atoms with Crippen LogP contribution in [0.25, 0.3) is 0 Å². The summed E-state index contributed by atoms with van der Waals surface area (Å²) in [6.07, 6.45) is 1.45. The van der Waals surface area contributed by atoms with E-state index in [4.69, 9.17) is 23.2 Å². The third-order valence-corrected chi connectivity index (χ3v) is 4.02. The van der Waals surface area contributed by atoms with Crippen LogP contribution in [-0.4, -0.2) is 41.3 Å². The zero-order valence-electron chi connectivity index (χ0n) is 13.8. The van der Waals surface area contributed by atoms with Crippen LogP contribution in [0, 0.1) is 0 Å². The van der Waals surface area contributed by atoms with Gasteiger partial charge in [0.05, 0.1) is 17.6 Å². The molecule has 0 aliphatic carbocycles. The minimum atomic E-state index is -0.520. The number of carbonyl (C=O) groups excluding carboxylic acids is 2. The number of rotatable bonds is 6. The van der Waals surface area contributed by atoms with Crippen molar-refractivity contribution in [2.45, 2.75) is 13.0 Å². The van der Waals surface area contributed by atoms with E-state index in [1.54, 1.807) is 55.3 Å². The predicted molar refractivity (Wildman–Crippen MR) is 100 cm³/mol. The van der Waals surface area contributed by atoms with E-state index in [1.165, 1.54) is 6.20 Å². The average molecular weight is 381 g/mol. The third kappa shape index (κ3) is 6.01. The molecule has 1 atom stereocenters. The number of carbonyl (C=O) groups is 2. The number of halogens is 2. The Balaban J connectivity index is 1.86. The molecule has 8 heteroatoms. The summed E-state index contributed by atoms with van der Waals surface area (Å²) >= 11 is 11.6. The number of anilines is 2. The molecule has 0 unspecified atom stereocenters. The summed E-state index contributed by atoms with van der Waals surface area (Å²) in [7, 11) is 1.70. The van der Waals surface area contributed by atoms with E-state index in [0.29, 0.717) is 21.6 Å². The summed E-state index contributed by atoms with van der Waals surface area (Å²) in [5.41, 5.74) is 0.644. The molecule has 1 heterocycles.